The van der Waals surface area contributed by atoms with Crippen molar-refractivity contribution in [2.45, 2.75) is 0 Å². The standard InChI is InChI=1S/C36H18ClN3OS/c37-34-35(38-30-24-14-6-8-16-27(24)42-36(30)39-34)40-26-15-7-5-13-23(26)28-21-11-3-4-12-22(21)29-25-18-17-19-9-1-2-10-20(19)32(25)41-33(29)31(28)40/h1-18H. The molecule has 196 valence electrons. The third-order valence-corrected chi connectivity index (χ3v) is 9.81. The van der Waals surface area contributed by atoms with Crippen molar-refractivity contribution in [2.24, 2.45) is 0 Å². The molecule has 0 aliphatic heterocycles. The van der Waals surface area contributed by atoms with Crippen molar-refractivity contribution in [1.29, 1.82) is 0 Å². The van der Waals surface area contributed by atoms with E-state index in [1.165, 1.54) is 0 Å². The minimum atomic E-state index is 0.361. The van der Waals surface area contributed by atoms with E-state index in [0.717, 1.165) is 85.7 Å². The van der Waals surface area contributed by atoms with E-state index in [1.807, 2.05) is 12.1 Å². The lowest BCUT2D eigenvalue weighted by Crippen LogP contribution is -2.00. The molecule has 0 aliphatic carbocycles. The Morgan fingerprint density at radius 3 is 2.14 bits per heavy atom. The third kappa shape index (κ3) is 2.82. The fourth-order valence-corrected chi connectivity index (χ4v) is 8.04. The van der Waals surface area contributed by atoms with E-state index in [4.69, 9.17) is 26.0 Å². The van der Waals surface area contributed by atoms with Crippen LogP contribution >= 0.6 is 22.9 Å². The zero-order chi connectivity index (χ0) is 27.5. The molecule has 0 atom stereocenters. The molecule has 0 N–H and O–H groups in total. The number of rotatable bonds is 1. The summed E-state index contributed by atoms with van der Waals surface area (Å²) in [7, 11) is 0. The van der Waals surface area contributed by atoms with Gasteiger partial charge in [-0.05, 0) is 34.4 Å². The van der Waals surface area contributed by atoms with Crippen LogP contribution in [0.2, 0.25) is 5.15 Å². The Morgan fingerprint density at radius 1 is 0.595 bits per heavy atom. The number of benzene rings is 6. The molecule has 4 nitrogen and oxygen atoms in total. The van der Waals surface area contributed by atoms with Gasteiger partial charge in [0, 0.05) is 37.0 Å². The van der Waals surface area contributed by atoms with Gasteiger partial charge in [0.1, 0.15) is 15.9 Å². The molecule has 0 amide bonds. The number of aromatic nitrogens is 3. The molecule has 0 saturated heterocycles. The van der Waals surface area contributed by atoms with Crippen molar-refractivity contribution < 1.29 is 4.42 Å². The van der Waals surface area contributed by atoms with Crippen LogP contribution in [0.4, 0.5) is 0 Å². The first-order chi connectivity index (χ1) is 20.8. The first-order valence-electron chi connectivity index (χ1n) is 13.8. The number of thiophene rings is 1. The van der Waals surface area contributed by atoms with Crippen LogP contribution in [0.5, 0.6) is 0 Å². The molecule has 0 saturated carbocycles. The highest BCUT2D eigenvalue weighted by Gasteiger charge is 2.25. The van der Waals surface area contributed by atoms with Crippen LogP contribution in [0.1, 0.15) is 0 Å². The zero-order valence-corrected chi connectivity index (χ0v) is 23.5. The molecule has 10 aromatic rings. The van der Waals surface area contributed by atoms with Crippen LogP contribution < -0.4 is 0 Å². The summed E-state index contributed by atoms with van der Waals surface area (Å²) in [4.78, 5) is 10.9. The highest BCUT2D eigenvalue weighted by molar-refractivity contribution is 7.25. The number of hydrogen-bond acceptors (Lipinski definition) is 4. The highest BCUT2D eigenvalue weighted by atomic mass is 35.5. The van der Waals surface area contributed by atoms with Crippen LogP contribution in [0.25, 0.3) is 91.5 Å². The van der Waals surface area contributed by atoms with Gasteiger partial charge in [-0.25, -0.2) is 9.97 Å². The van der Waals surface area contributed by atoms with Crippen molar-refractivity contribution in [3.05, 3.63) is 114 Å². The van der Waals surface area contributed by atoms with Gasteiger partial charge in [-0.2, -0.15) is 0 Å². The molecule has 0 unspecified atom stereocenters. The Hall–Kier alpha value is -4.97. The maximum atomic E-state index is 7.03. The molecule has 0 spiro atoms. The van der Waals surface area contributed by atoms with E-state index in [0.29, 0.717) is 11.0 Å². The minimum absolute atomic E-state index is 0.361. The first-order valence-corrected chi connectivity index (χ1v) is 15.0. The van der Waals surface area contributed by atoms with E-state index < -0.39 is 0 Å². The van der Waals surface area contributed by atoms with Crippen molar-refractivity contribution in [3.8, 4) is 5.82 Å². The number of nitrogens with zero attached hydrogens (tertiary/aromatic N) is 3. The van der Waals surface area contributed by atoms with Gasteiger partial charge in [0.2, 0.25) is 0 Å². The van der Waals surface area contributed by atoms with Gasteiger partial charge in [0.15, 0.2) is 16.6 Å². The maximum absolute atomic E-state index is 7.03. The Kier molecular flexibility index (Phi) is 4.36. The van der Waals surface area contributed by atoms with Crippen LogP contribution in [0, 0.1) is 0 Å². The number of furan rings is 1. The smallest absolute Gasteiger partial charge is 0.176 e. The summed E-state index contributed by atoms with van der Waals surface area (Å²) in [5, 5.41) is 10.4. The Bertz CT molecular complexity index is 2770. The van der Waals surface area contributed by atoms with E-state index in [9.17, 15) is 0 Å². The van der Waals surface area contributed by atoms with Crippen LogP contribution in [0.3, 0.4) is 0 Å². The molecule has 10 rings (SSSR count). The van der Waals surface area contributed by atoms with Crippen LogP contribution in [-0.2, 0) is 0 Å². The fourth-order valence-electron chi connectivity index (χ4n) is 6.76. The molecule has 4 heterocycles. The van der Waals surface area contributed by atoms with Crippen LogP contribution in [0.15, 0.2) is 114 Å². The molecule has 0 fully saturated rings. The summed E-state index contributed by atoms with van der Waals surface area (Å²) in [6, 6.07) is 38.1. The topological polar surface area (TPSA) is 43.9 Å². The Balaban J connectivity index is 1.49. The van der Waals surface area contributed by atoms with Gasteiger partial charge in [-0.3, -0.25) is 4.57 Å². The Morgan fingerprint density at radius 2 is 1.29 bits per heavy atom. The Labute approximate surface area is 247 Å². The molecule has 4 aromatic heterocycles. The van der Waals surface area contributed by atoms with E-state index in [-0.39, 0.29) is 0 Å². The van der Waals surface area contributed by atoms with E-state index in [1.54, 1.807) is 11.3 Å². The summed E-state index contributed by atoms with van der Waals surface area (Å²) in [5.74, 6) is 0.598. The minimum Gasteiger partial charge on any atom is -0.453 e. The summed E-state index contributed by atoms with van der Waals surface area (Å²) in [5.41, 5.74) is 4.51. The average Bonchev–Trinajstić information content (AvgIpc) is 3.70. The third-order valence-electron chi connectivity index (χ3n) is 8.50. The lowest BCUT2D eigenvalue weighted by atomic mass is 9.98. The lowest BCUT2D eigenvalue weighted by molar-refractivity contribution is 0.675. The molecule has 6 heteroatoms. The molecule has 6 aromatic carbocycles. The molecular weight excluding hydrogens is 558 g/mol. The van der Waals surface area contributed by atoms with Gasteiger partial charge in [0.25, 0.3) is 0 Å². The largest absolute Gasteiger partial charge is 0.453 e. The van der Waals surface area contributed by atoms with Crippen molar-refractivity contribution in [2.75, 3.05) is 0 Å². The molecular formula is C36H18ClN3OS. The van der Waals surface area contributed by atoms with Gasteiger partial charge in [-0.1, -0.05) is 103 Å². The van der Waals surface area contributed by atoms with Crippen molar-refractivity contribution >= 4 is 109 Å². The second kappa shape index (κ2) is 8.07. The lowest BCUT2D eigenvalue weighted by Gasteiger charge is -2.10. The molecule has 42 heavy (non-hydrogen) atoms. The van der Waals surface area contributed by atoms with E-state index >= 15 is 0 Å². The van der Waals surface area contributed by atoms with Gasteiger partial charge in [-0.15, -0.1) is 11.3 Å². The van der Waals surface area contributed by atoms with Crippen molar-refractivity contribution in [1.82, 2.24) is 14.5 Å². The van der Waals surface area contributed by atoms with Crippen LogP contribution in [-0.4, -0.2) is 14.5 Å². The fraction of sp³-hybridized carbons (Fsp3) is 0. The average molecular weight is 576 g/mol. The monoisotopic (exact) mass is 575 g/mol. The second-order valence-electron chi connectivity index (χ2n) is 10.7. The number of fused-ring (bicyclic) bond motifs is 15. The molecule has 0 bridgehead atoms. The number of para-hydroxylation sites is 1. The maximum Gasteiger partial charge on any atom is 0.176 e. The predicted octanol–water partition coefficient (Wildman–Crippen LogP) is 10.8. The number of hydrogen-bond donors (Lipinski definition) is 0. The predicted molar refractivity (Wildman–Crippen MR) is 177 cm³/mol. The summed E-state index contributed by atoms with van der Waals surface area (Å²) >= 11 is 8.64. The number of halogens is 1. The van der Waals surface area contributed by atoms with Gasteiger partial charge >= 0.3 is 0 Å². The van der Waals surface area contributed by atoms with E-state index in [2.05, 4.69) is 102 Å². The molecule has 0 aliphatic rings. The first kappa shape index (κ1) is 22.7. The zero-order valence-electron chi connectivity index (χ0n) is 21.9. The van der Waals surface area contributed by atoms with Gasteiger partial charge < -0.3 is 4.42 Å². The second-order valence-corrected chi connectivity index (χ2v) is 12.1. The van der Waals surface area contributed by atoms with Gasteiger partial charge in [0.05, 0.1) is 11.0 Å². The summed E-state index contributed by atoms with van der Waals surface area (Å²) in [6.07, 6.45) is 0. The quantitative estimate of drug-likeness (QED) is 0.195. The summed E-state index contributed by atoms with van der Waals surface area (Å²) in [6.45, 7) is 0. The summed E-state index contributed by atoms with van der Waals surface area (Å²) < 4.78 is 10.2. The normalized spacial score (nSPS) is 12.4. The van der Waals surface area contributed by atoms with Crippen molar-refractivity contribution in [3.63, 3.8) is 0 Å². The highest BCUT2D eigenvalue weighted by Crippen LogP contribution is 2.47. The molecule has 0 radical (unpaired) electrons. The SMILES string of the molecule is Clc1nc2sc3ccccc3c2nc1-n1c2ccccc2c2c3ccccc3c3c4ccc5ccccc5c4oc3c21.